The van der Waals surface area contributed by atoms with Crippen LogP contribution in [0, 0.1) is 0 Å². The number of imidazole rings is 1. The van der Waals surface area contributed by atoms with Crippen LogP contribution in [-0.2, 0) is 6.42 Å². The maximum atomic E-state index is 9.67. The zero-order chi connectivity index (χ0) is 10.7. The van der Waals surface area contributed by atoms with Crippen molar-refractivity contribution < 1.29 is 5.11 Å². The summed E-state index contributed by atoms with van der Waals surface area (Å²) in [4.78, 5) is 4.39. The van der Waals surface area contributed by atoms with E-state index in [4.69, 9.17) is 0 Å². The molecule has 1 heterocycles. The Bertz CT molecular complexity index is 308. The lowest BCUT2D eigenvalue weighted by atomic mass is 9.93. The topological polar surface area (TPSA) is 38.0 Å². The fourth-order valence-corrected chi connectivity index (χ4v) is 2.49. The third-order valence-electron chi connectivity index (χ3n) is 3.23. The molecule has 84 valence electrons. The van der Waals surface area contributed by atoms with Crippen LogP contribution in [-0.4, -0.2) is 20.8 Å². The minimum absolute atomic E-state index is 0.111. The van der Waals surface area contributed by atoms with Crippen LogP contribution in [0.1, 0.15) is 50.9 Å². The number of hydrogen-bond acceptors (Lipinski definition) is 2. The molecule has 2 unspecified atom stereocenters. The van der Waals surface area contributed by atoms with Gasteiger partial charge in [0.05, 0.1) is 6.10 Å². The van der Waals surface area contributed by atoms with E-state index in [0.29, 0.717) is 6.04 Å². The first kappa shape index (κ1) is 10.7. The van der Waals surface area contributed by atoms with Crippen LogP contribution in [0.3, 0.4) is 0 Å². The molecule has 3 heteroatoms. The van der Waals surface area contributed by atoms with Crippen molar-refractivity contribution in [1.82, 2.24) is 9.55 Å². The summed E-state index contributed by atoms with van der Waals surface area (Å²) in [6, 6.07) is 0.470. The standard InChI is InChI=1S/C12H20N2O/c1-2-4-12-13-7-8-14(12)10-5-3-6-11(15)9-10/h7-8,10-11,15H,2-6,9H2,1H3. The highest BCUT2D eigenvalue weighted by atomic mass is 16.3. The Balaban J connectivity index is 2.10. The minimum Gasteiger partial charge on any atom is -0.393 e. The lowest BCUT2D eigenvalue weighted by Gasteiger charge is -2.28. The van der Waals surface area contributed by atoms with Crippen LogP contribution in [0.25, 0.3) is 0 Å². The smallest absolute Gasteiger partial charge is 0.108 e. The van der Waals surface area contributed by atoms with Crippen molar-refractivity contribution in [3.05, 3.63) is 18.2 Å². The molecule has 1 saturated carbocycles. The summed E-state index contributed by atoms with van der Waals surface area (Å²) in [7, 11) is 0. The first-order chi connectivity index (χ1) is 7.31. The number of aryl methyl sites for hydroxylation is 1. The Morgan fingerprint density at radius 2 is 2.40 bits per heavy atom. The summed E-state index contributed by atoms with van der Waals surface area (Å²) in [6.07, 6.45) is 10.2. The van der Waals surface area contributed by atoms with E-state index < -0.39 is 0 Å². The van der Waals surface area contributed by atoms with E-state index in [-0.39, 0.29) is 6.10 Å². The van der Waals surface area contributed by atoms with E-state index in [9.17, 15) is 5.11 Å². The van der Waals surface area contributed by atoms with Crippen molar-refractivity contribution in [2.45, 2.75) is 57.6 Å². The quantitative estimate of drug-likeness (QED) is 0.827. The molecule has 0 saturated heterocycles. The van der Waals surface area contributed by atoms with Crippen molar-refractivity contribution in [2.75, 3.05) is 0 Å². The van der Waals surface area contributed by atoms with E-state index in [2.05, 4.69) is 22.7 Å². The molecule has 0 aromatic carbocycles. The molecule has 15 heavy (non-hydrogen) atoms. The number of aromatic nitrogens is 2. The molecule has 0 spiro atoms. The highest BCUT2D eigenvalue weighted by molar-refractivity contribution is 4.96. The molecule has 3 nitrogen and oxygen atoms in total. The van der Waals surface area contributed by atoms with Gasteiger partial charge in [0.2, 0.25) is 0 Å². The van der Waals surface area contributed by atoms with Crippen LogP contribution < -0.4 is 0 Å². The molecule has 2 rings (SSSR count). The number of nitrogens with zero attached hydrogens (tertiary/aromatic N) is 2. The second-order valence-corrected chi connectivity index (χ2v) is 4.47. The predicted octanol–water partition coefficient (Wildman–Crippen LogP) is 2.31. The normalized spacial score (nSPS) is 26.8. The van der Waals surface area contributed by atoms with Gasteiger partial charge in [0.1, 0.15) is 5.82 Å². The fourth-order valence-electron chi connectivity index (χ4n) is 2.49. The van der Waals surface area contributed by atoms with Crippen molar-refractivity contribution in [2.24, 2.45) is 0 Å². The minimum atomic E-state index is -0.111. The summed E-state index contributed by atoms with van der Waals surface area (Å²) in [6.45, 7) is 2.18. The van der Waals surface area contributed by atoms with Crippen molar-refractivity contribution in [1.29, 1.82) is 0 Å². The second kappa shape index (κ2) is 4.79. The highest BCUT2D eigenvalue weighted by Crippen LogP contribution is 2.29. The molecular weight excluding hydrogens is 188 g/mol. The molecule has 1 aromatic rings. The zero-order valence-electron chi connectivity index (χ0n) is 9.39. The van der Waals surface area contributed by atoms with Crippen LogP contribution in [0.2, 0.25) is 0 Å². The third-order valence-corrected chi connectivity index (χ3v) is 3.23. The Kier molecular flexibility index (Phi) is 3.41. The number of aliphatic hydroxyl groups is 1. The first-order valence-electron chi connectivity index (χ1n) is 6.01. The van der Waals surface area contributed by atoms with Gasteiger partial charge in [-0.25, -0.2) is 4.98 Å². The summed E-state index contributed by atoms with van der Waals surface area (Å²) in [5.41, 5.74) is 0. The van der Waals surface area contributed by atoms with Gasteiger partial charge in [0.15, 0.2) is 0 Å². The van der Waals surface area contributed by atoms with Gasteiger partial charge in [-0.05, 0) is 32.1 Å². The maximum absolute atomic E-state index is 9.67. The molecule has 0 bridgehead atoms. The average Bonchev–Trinajstić information content (AvgIpc) is 2.66. The molecule has 1 N–H and O–H groups in total. The van der Waals surface area contributed by atoms with Gasteiger partial charge in [-0.2, -0.15) is 0 Å². The van der Waals surface area contributed by atoms with Gasteiger partial charge in [-0.3, -0.25) is 0 Å². The summed E-state index contributed by atoms with van der Waals surface area (Å²) < 4.78 is 2.27. The highest BCUT2D eigenvalue weighted by Gasteiger charge is 2.22. The molecule has 2 atom stereocenters. The van der Waals surface area contributed by atoms with Crippen LogP contribution in [0.15, 0.2) is 12.4 Å². The molecule has 0 aliphatic heterocycles. The molecule has 0 amide bonds. The molecular formula is C12H20N2O. The SMILES string of the molecule is CCCc1nccn1C1CCCC(O)C1. The van der Waals surface area contributed by atoms with Crippen LogP contribution in [0.5, 0.6) is 0 Å². The van der Waals surface area contributed by atoms with Crippen LogP contribution in [0.4, 0.5) is 0 Å². The summed E-state index contributed by atoms with van der Waals surface area (Å²) in [5, 5.41) is 9.67. The van der Waals surface area contributed by atoms with Gasteiger partial charge in [0, 0.05) is 24.9 Å². The lowest BCUT2D eigenvalue weighted by molar-refractivity contribution is 0.103. The summed E-state index contributed by atoms with van der Waals surface area (Å²) in [5.74, 6) is 1.18. The maximum Gasteiger partial charge on any atom is 0.108 e. The first-order valence-corrected chi connectivity index (χ1v) is 6.01. The van der Waals surface area contributed by atoms with Gasteiger partial charge in [0.25, 0.3) is 0 Å². The largest absolute Gasteiger partial charge is 0.393 e. The average molecular weight is 208 g/mol. The molecule has 0 radical (unpaired) electrons. The van der Waals surface area contributed by atoms with E-state index in [1.165, 1.54) is 12.2 Å². The van der Waals surface area contributed by atoms with E-state index in [0.717, 1.165) is 32.1 Å². The van der Waals surface area contributed by atoms with E-state index >= 15 is 0 Å². The zero-order valence-corrected chi connectivity index (χ0v) is 9.39. The molecule has 1 fully saturated rings. The van der Waals surface area contributed by atoms with E-state index in [1.807, 2.05) is 6.20 Å². The fraction of sp³-hybridized carbons (Fsp3) is 0.750. The van der Waals surface area contributed by atoms with Crippen molar-refractivity contribution in [3.63, 3.8) is 0 Å². The van der Waals surface area contributed by atoms with Gasteiger partial charge in [-0.15, -0.1) is 0 Å². The second-order valence-electron chi connectivity index (χ2n) is 4.47. The Labute approximate surface area is 91.1 Å². The Morgan fingerprint density at radius 3 is 3.13 bits per heavy atom. The summed E-state index contributed by atoms with van der Waals surface area (Å²) >= 11 is 0. The lowest BCUT2D eigenvalue weighted by Crippen LogP contribution is -2.23. The molecule has 1 aliphatic rings. The molecule has 1 aliphatic carbocycles. The third kappa shape index (κ3) is 2.40. The Morgan fingerprint density at radius 1 is 1.53 bits per heavy atom. The van der Waals surface area contributed by atoms with Gasteiger partial charge >= 0.3 is 0 Å². The number of aliphatic hydroxyl groups excluding tert-OH is 1. The number of hydrogen-bond donors (Lipinski definition) is 1. The Hall–Kier alpha value is -0.830. The van der Waals surface area contributed by atoms with Crippen LogP contribution >= 0.6 is 0 Å². The monoisotopic (exact) mass is 208 g/mol. The van der Waals surface area contributed by atoms with Crippen molar-refractivity contribution >= 4 is 0 Å². The van der Waals surface area contributed by atoms with Gasteiger partial charge < -0.3 is 9.67 Å². The van der Waals surface area contributed by atoms with E-state index in [1.54, 1.807) is 0 Å². The number of rotatable bonds is 3. The van der Waals surface area contributed by atoms with Crippen molar-refractivity contribution in [3.8, 4) is 0 Å². The predicted molar refractivity (Wildman–Crippen MR) is 59.7 cm³/mol. The molecule has 1 aromatic heterocycles. The van der Waals surface area contributed by atoms with Gasteiger partial charge in [-0.1, -0.05) is 6.92 Å².